The largest absolute Gasteiger partial charge is 0.0651 e. The fourth-order valence-electron chi connectivity index (χ4n) is 4.76. The van der Waals surface area contributed by atoms with Crippen molar-refractivity contribution in [2.45, 2.75) is 58.3 Å². The topological polar surface area (TPSA) is 0 Å². The molecule has 28 heavy (non-hydrogen) atoms. The Hall–Kier alpha value is -2.34. The predicted molar refractivity (Wildman–Crippen MR) is 122 cm³/mol. The Morgan fingerprint density at radius 1 is 0.679 bits per heavy atom. The van der Waals surface area contributed by atoms with E-state index in [2.05, 4.69) is 86.6 Å². The molecule has 1 aliphatic carbocycles. The van der Waals surface area contributed by atoms with Crippen LogP contribution in [0.2, 0.25) is 0 Å². The molecule has 0 atom stereocenters. The third-order valence-corrected chi connectivity index (χ3v) is 6.69. The molecule has 0 aromatic heterocycles. The molecule has 1 aliphatic rings. The quantitative estimate of drug-likeness (QED) is 0.425. The monoisotopic (exact) mass is 368 g/mol. The molecule has 0 radical (unpaired) electrons. The summed E-state index contributed by atoms with van der Waals surface area (Å²) in [5.74, 6) is 1.72. The summed E-state index contributed by atoms with van der Waals surface area (Å²) in [6, 6.07) is 27.2. The highest BCUT2D eigenvalue weighted by atomic mass is 14.3. The molecule has 0 bridgehead atoms. The van der Waals surface area contributed by atoms with E-state index in [1.54, 1.807) is 0 Å². The maximum absolute atomic E-state index is 2.38. The highest BCUT2D eigenvalue weighted by Gasteiger charge is 2.21. The Kier molecular flexibility index (Phi) is 5.95. The van der Waals surface area contributed by atoms with Gasteiger partial charge in [-0.2, -0.15) is 0 Å². The highest BCUT2D eigenvalue weighted by Crippen LogP contribution is 2.38. The first kappa shape index (κ1) is 19.0. The third-order valence-electron chi connectivity index (χ3n) is 6.69. The van der Waals surface area contributed by atoms with Gasteiger partial charge in [0.2, 0.25) is 0 Å². The molecular formula is C28H32. The summed E-state index contributed by atoms with van der Waals surface area (Å²) >= 11 is 0. The SMILES string of the molecule is CCc1ccc(-c2ccc([C@H]3CC[C@H](CC)CC3)cc2)c(-c2ccccc2)c1. The summed E-state index contributed by atoms with van der Waals surface area (Å²) in [5, 5.41) is 0. The van der Waals surface area contributed by atoms with Crippen molar-refractivity contribution in [3.05, 3.63) is 83.9 Å². The van der Waals surface area contributed by atoms with Crippen molar-refractivity contribution < 1.29 is 0 Å². The second-order valence-electron chi connectivity index (χ2n) is 8.35. The molecule has 1 saturated carbocycles. The molecule has 0 aliphatic heterocycles. The fraction of sp³-hybridized carbons (Fsp3) is 0.357. The summed E-state index contributed by atoms with van der Waals surface area (Å²) in [6.45, 7) is 4.57. The van der Waals surface area contributed by atoms with Crippen LogP contribution in [0.15, 0.2) is 72.8 Å². The van der Waals surface area contributed by atoms with E-state index < -0.39 is 0 Å². The van der Waals surface area contributed by atoms with Crippen LogP contribution in [0, 0.1) is 5.92 Å². The maximum atomic E-state index is 2.38. The number of hydrogen-bond acceptors (Lipinski definition) is 0. The second-order valence-corrected chi connectivity index (χ2v) is 8.35. The minimum absolute atomic E-state index is 0.757. The number of hydrogen-bond donors (Lipinski definition) is 0. The zero-order valence-corrected chi connectivity index (χ0v) is 17.3. The van der Waals surface area contributed by atoms with Crippen LogP contribution >= 0.6 is 0 Å². The zero-order chi connectivity index (χ0) is 19.3. The Bertz CT molecular complexity index is 881. The number of benzene rings is 3. The molecule has 0 heteroatoms. The van der Waals surface area contributed by atoms with E-state index in [0.717, 1.165) is 18.3 Å². The lowest BCUT2D eigenvalue weighted by molar-refractivity contribution is 0.319. The normalized spacial score (nSPS) is 19.5. The van der Waals surface area contributed by atoms with Gasteiger partial charge in [0.15, 0.2) is 0 Å². The van der Waals surface area contributed by atoms with E-state index in [0.29, 0.717) is 0 Å². The molecule has 4 rings (SSSR count). The van der Waals surface area contributed by atoms with E-state index in [4.69, 9.17) is 0 Å². The van der Waals surface area contributed by atoms with E-state index in [-0.39, 0.29) is 0 Å². The smallest absolute Gasteiger partial charge is 0.0103 e. The van der Waals surface area contributed by atoms with E-state index in [9.17, 15) is 0 Å². The van der Waals surface area contributed by atoms with Crippen LogP contribution in [0.1, 0.15) is 63.0 Å². The fourth-order valence-corrected chi connectivity index (χ4v) is 4.76. The first-order valence-electron chi connectivity index (χ1n) is 11.1. The molecule has 0 nitrogen and oxygen atoms in total. The molecule has 3 aromatic carbocycles. The summed E-state index contributed by atoms with van der Waals surface area (Å²) in [4.78, 5) is 0. The average Bonchev–Trinajstić information content (AvgIpc) is 2.79. The third kappa shape index (κ3) is 4.07. The van der Waals surface area contributed by atoms with Gasteiger partial charge in [0.25, 0.3) is 0 Å². The van der Waals surface area contributed by atoms with Crippen molar-refractivity contribution in [3.8, 4) is 22.3 Å². The Morgan fingerprint density at radius 3 is 2.00 bits per heavy atom. The van der Waals surface area contributed by atoms with Crippen LogP contribution in [-0.2, 0) is 6.42 Å². The minimum Gasteiger partial charge on any atom is -0.0651 e. The Morgan fingerprint density at radius 2 is 1.36 bits per heavy atom. The van der Waals surface area contributed by atoms with Crippen LogP contribution in [0.3, 0.4) is 0 Å². The lowest BCUT2D eigenvalue weighted by atomic mass is 9.77. The van der Waals surface area contributed by atoms with Crippen LogP contribution in [0.5, 0.6) is 0 Å². The molecule has 0 saturated heterocycles. The number of aryl methyl sites for hydroxylation is 1. The molecule has 0 amide bonds. The van der Waals surface area contributed by atoms with Crippen LogP contribution in [-0.4, -0.2) is 0 Å². The molecule has 3 aromatic rings. The van der Waals surface area contributed by atoms with E-state index in [1.807, 2.05) is 0 Å². The van der Waals surface area contributed by atoms with Gasteiger partial charge >= 0.3 is 0 Å². The number of rotatable bonds is 5. The van der Waals surface area contributed by atoms with Gasteiger partial charge in [-0.15, -0.1) is 0 Å². The summed E-state index contributed by atoms with van der Waals surface area (Å²) in [6.07, 6.45) is 7.94. The van der Waals surface area contributed by atoms with Gasteiger partial charge in [0.05, 0.1) is 0 Å². The minimum atomic E-state index is 0.757. The molecule has 0 unspecified atom stereocenters. The lowest BCUT2D eigenvalue weighted by Crippen LogP contribution is -2.12. The van der Waals surface area contributed by atoms with Crippen molar-refractivity contribution in [2.75, 3.05) is 0 Å². The molecule has 144 valence electrons. The second kappa shape index (κ2) is 8.78. The van der Waals surface area contributed by atoms with Gasteiger partial charge in [-0.25, -0.2) is 0 Å². The van der Waals surface area contributed by atoms with Gasteiger partial charge in [0.1, 0.15) is 0 Å². The van der Waals surface area contributed by atoms with Crippen molar-refractivity contribution in [1.29, 1.82) is 0 Å². The van der Waals surface area contributed by atoms with Crippen LogP contribution in [0.4, 0.5) is 0 Å². The van der Waals surface area contributed by atoms with Gasteiger partial charge in [-0.1, -0.05) is 93.1 Å². The van der Waals surface area contributed by atoms with Crippen LogP contribution in [0.25, 0.3) is 22.3 Å². The standard InChI is InChI=1S/C28H32/c1-3-21-10-13-23(14-11-21)24-15-17-26(18-16-24)27-19-12-22(4-2)20-28(27)25-8-6-5-7-9-25/h5-9,12,15-21,23H,3-4,10-11,13-14H2,1-2H3/t21-,23-. The Balaban J connectivity index is 1.63. The molecule has 0 spiro atoms. The van der Waals surface area contributed by atoms with Gasteiger partial charge in [0, 0.05) is 0 Å². The van der Waals surface area contributed by atoms with Crippen molar-refractivity contribution in [2.24, 2.45) is 5.92 Å². The first-order chi connectivity index (χ1) is 13.8. The highest BCUT2D eigenvalue weighted by molar-refractivity contribution is 5.84. The maximum Gasteiger partial charge on any atom is -0.0103 e. The molecule has 0 N–H and O–H groups in total. The summed E-state index contributed by atoms with van der Waals surface area (Å²) in [5.41, 5.74) is 8.24. The zero-order valence-electron chi connectivity index (χ0n) is 17.3. The first-order valence-corrected chi connectivity index (χ1v) is 11.1. The Labute approximate surface area is 170 Å². The molecule has 0 heterocycles. The lowest BCUT2D eigenvalue weighted by Gasteiger charge is -2.28. The van der Waals surface area contributed by atoms with Gasteiger partial charge in [-0.05, 0) is 77.3 Å². The average molecular weight is 369 g/mol. The van der Waals surface area contributed by atoms with Crippen molar-refractivity contribution in [1.82, 2.24) is 0 Å². The van der Waals surface area contributed by atoms with Crippen molar-refractivity contribution in [3.63, 3.8) is 0 Å². The summed E-state index contributed by atoms with van der Waals surface area (Å²) in [7, 11) is 0. The molecular weight excluding hydrogens is 336 g/mol. The molecule has 1 fully saturated rings. The predicted octanol–water partition coefficient (Wildman–Crippen LogP) is 8.27. The van der Waals surface area contributed by atoms with Crippen molar-refractivity contribution >= 4 is 0 Å². The van der Waals surface area contributed by atoms with Crippen LogP contribution < -0.4 is 0 Å². The van der Waals surface area contributed by atoms with Gasteiger partial charge < -0.3 is 0 Å². The van der Waals surface area contributed by atoms with E-state index >= 15 is 0 Å². The summed E-state index contributed by atoms with van der Waals surface area (Å²) < 4.78 is 0. The van der Waals surface area contributed by atoms with E-state index in [1.165, 1.54) is 65.5 Å². The van der Waals surface area contributed by atoms with Gasteiger partial charge in [-0.3, -0.25) is 0 Å².